The largest absolute Gasteiger partial charge is 0.497 e. The number of hydrogen-bond acceptors (Lipinski definition) is 5. The molecule has 2 aromatic carbocycles. The fourth-order valence-corrected chi connectivity index (χ4v) is 5.10. The average Bonchev–Trinajstić information content (AvgIpc) is 3.26. The lowest BCUT2D eigenvalue weighted by atomic mass is 9.77. The Labute approximate surface area is 198 Å². The number of halogens is 2. The van der Waals surface area contributed by atoms with Crippen molar-refractivity contribution in [1.29, 1.82) is 0 Å². The Morgan fingerprint density at radius 1 is 1.12 bits per heavy atom. The first-order valence-electron chi connectivity index (χ1n) is 11.8. The molecule has 3 aliphatic rings. The van der Waals surface area contributed by atoms with Gasteiger partial charge < -0.3 is 18.8 Å². The molecule has 3 atom stereocenters. The van der Waals surface area contributed by atoms with E-state index in [2.05, 4.69) is 0 Å². The molecule has 180 valence electrons. The molecule has 34 heavy (non-hydrogen) atoms. The summed E-state index contributed by atoms with van der Waals surface area (Å²) in [6, 6.07) is 8.21. The number of ether oxygens (including phenoxy) is 2. The molecule has 0 unspecified atom stereocenters. The highest BCUT2D eigenvalue weighted by Crippen LogP contribution is 2.62. The zero-order valence-electron chi connectivity index (χ0n) is 20.1. The van der Waals surface area contributed by atoms with Gasteiger partial charge in [-0.1, -0.05) is 12.1 Å². The molecular weight excluding hydrogens is 441 g/mol. The van der Waals surface area contributed by atoms with E-state index in [1.807, 2.05) is 46.8 Å². The summed E-state index contributed by atoms with van der Waals surface area (Å²) in [4.78, 5) is 12.1. The molecule has 0 amide bonds. The second-order valence-electron chi connectivity index (χ2n) is 10.3. The summed E-state index contributed by atoms with van der Waals surface area (Å²) in [5.41, 5.74) is 0.963. The second kappa shape index (κ2) is 8.06. The Bertz CT molecular complexity index is 1130. The molecule has 0 spiro atoms. The van der Waals surface area contributed by atoms with Gasteiger partial charge in [-0.3, -0.25) is 4.79 Å². The molecule has 1 aliphatic heterocycles. The van der Waals surface area contributed by atoms with Crippen molar-refractivity contribution in [3.05, 3.63) is 58.7 Å². The SMILES string of the molecule is CCOC(=O)[C@H]1[C@@H]2Cc3cc(OCc4c(F)ccc(B5OC(C)(C)C(C)(C)O5)c4F)ccc3[C@@H]21. The molecule has 2 aliphatic carbocycles. The summed E-state index contributed by atoms with van der Waals surface area (Å²) >= 11 is 0. The number of carbonyl (C=O) groups excluding carboxylic acids is 1. The number of rotatable bonds is 6. The zero-order valence-corrected chi connectivity index (χ0v) is 20.1. The lowest BCUT2D eigenvalue weighted by molar-refractivity contribution is -0.145. The van der Waals surface area contributed by atoms with E-state index in [1.165, 1.54) is 12.1 Å². The minimum atomic E-state index is -0.927. The highest BCUT2D eigenvalue weighted by atomic mass is 19.1. The predicted octanol–water partition coefficient (Wildman–Crippen LogP) is 4.29. The number of fused-ring (bicyclic) bond motifs is 3. The minimum Gasteiger partial charge on any atom is -0.489 e. The third-order valence-electron chi connectivity index (χ3n) is 7.76. The number of carbonyl (C=O) groups is 1. The van der Waals surface area contributed by atoms with Crippen LogP contribution in [0.5, 0.6) is 5.75 Å². The van der Waals surface area contributed by atoms with Gasteiger partial charge in [0.2, 0.25) is 0 Å². The topological polar surface area (TPSA) is 54.0 Å². The minimum absolute atomic E-state index is 0.0554. The first kappa shape index (κ1) is 23.3. The summed E-state index contributed by atoms with van der Waals surface area (Å²) in [6.45, 7) is 9.45. The van der Waals surface area contributed by atoms with Crippen molar-refractivity contribution in [2.24, 2.45) is 11.8 Å². The van der Waals surface area contributed by atoms with E-state index in [4.69, 9.17) is 18.8 Å². The van der Waals surface area contributed by atoms with Crippen LogP contribution >= 0.6 is 0 Å². The van der Waals surface area contributed by atoms with Crippen LogP contribution in [0.1, 0.15) is 57.2 Å². The van der Waals surface area contributed by atoms with E-state index >= 15 is 4.39 Å². The van der Waals surface area contributed by atoms with E-state index in [-0.39, 0.29) is 41.4 Å². The summed E-state index contributed by atoms with van der Waals surface area (Å²) in [7, 11) is -0.927. The van der Waals surface area contributed by atoms with Crippen LogP contribution in [-0.2, 0) is 31.9 Å². The van der Waals surface area contributed by atoms with Crippen LogP contribution in [0, 0.1) is 23.5 Å². The molecule has 5 nitrogen and oxygen atoms in total. The monoisotopic (exact) mass is 470 g/mol. The van der Waals surface area contributed by atoms with E-state index in [9.17, 15) is 9.18 Å². The van der Waals surface area contributed by atoms with Crippen molar-refractivity contribution in [3.8, 4) is 5.75 Å². The number of hydrogen-bond donors (Lipinski definition) is 0. The lowest BCUT2D eigenvalue weighted by Crippen LogP contribution is -2.41. The maximum absolute atomic E-state index is 15.3. The summed E-state index contributed by atoms with van der Waals surface area (Å²) in [5, 5.41) is 0. The van der Waals surface area contributed by atoms with Crippen molar-refractivity contribution in [3.63, 3.8) is 0 Å². The molecule has 0 bridgehead atoms. The molecule has 1 saturated carbocycles. The van der Waals surface area contributed by atoms with Crippen LogP contribution < -0.4 is 10.2 Å². The van der Waals surface area contributed by atoms with Crippen LogP contribution in [0.4, 0.5) is 8.78 Å². The van der Waals surface area contributed by atoms with Gasteiger partial charge in [-0.05, 0) is 76.3 Å². The third-order valence-corrected chi connectivity index (χ3v) is 7.76. The Morgan fingerprint density at radius 2 is 1.82 bits per heavy atom. The fraction of sp³-hybridized carbons (Fsp3) is 0.500. The first-order chi connectivity index (χ1) is 16.0. The molecule has 0 radical (unpaired) electrons. The van der Waals surface area contributed by atoms with Crippen LogP contribution in [-0.4, -0.2) is 30.9 Å². The second-order valence-corrected chi connectivity index (χ2v) is 10.3. The normalized spacial score (nSPS) is 25.6. The molecule has 1 heterocycles. The van der Waals surface area contributed by atoms with Crippen molar-refractivity contribution < 1.29 is 32.4 Å². The quantitative estimate of drug-likeness (QED) is 0.466. The van der Waals surface area contributed by atoms with Gasteiger partial charge >= 0.3 is 13.1 Å². The van der Waals surface area contributed by atoms with Gasteiger partial charge in [0.15, 0.2) is 0 Å². The van der Waals surface area contributed by atoms with Gasteiger partial charge in [0.1, 0.15) is 24.0 Å². The van der Waals surface area contributed by atoms with Crippen molar-refractivity contribution >= 4 is 18.6 Å². The molecule has 5 rings (SSSR count). The summed E-state index contributed by atoms with van der Waals surface area (Å²) in [6.07, 6.45) is 0.779. The molecule has 2 fully saturated rings. The molecule has 0 N–H and O–H groups in total. The van der Waals surface area contributed by atoms with E-state index in [1.54, 1.807) is 6.07 Å². The Hall–Kier alpha value is -2.45. The fourth-order valence-electron chi connectivity index (χ4n) is 5.10. The third kappa shape index (κ3) is 3.71. The molecule has 0 aromatic heterocycles. The number of benzene rings is 2. The Morgan fingerprint density at radius 3 is 2.50 bits per heavy atom. The summed E-state index contributed by atoms with van der Waals surface area (Å²) in [5.74, 6) is -0.579. The van der Waals surface area contributed by atoms with Gasteiger partial charge in [0.25, 0.3) is 0 Å². The van der Waals surface area contributed by atoms with Gasteiger partial charge in [-0.15, -0.1) is 0 Å². The Balaban J connectivity index is 1.30. The lowest BCUT2D eigenvalue weighted by Gasteiger charge is -2.32. The van der Waals surface area contributed by atoms with Gasteiger partial charge in [0.05, 0.1) is 29.3 Å². The highest BCUT2D eigenvalue weighted by molar-refractivity contribution is 6.62. The van der Waals surface area contributed by atoms with Crippen molar-refractivity contribution in [1.82, 2.24) is 0 Å². The molecule has 1 saturated heterocycles. The predicted molar refractivity (Wildman–Crippen MR) is 123 cm³/mol. The maximum Gasteiger partial charge on any atom is 0.497 e. The van der Waals surface area contributed by atoms with Gasteiger partial charge in [-0.2, -0.15) is 0 Å². The zero-order chi connectivity index (χ0) is 24.4. The van der Waals surface area contributed by atoms with E-state index in [0.717, 1.165) is 17.5 Å². The maximum atomic E-state index is 15.3. The number of esters is 1. The van der Waals surface area contributed by atoms with E-state index in [0.29, 0.717) is 12.4 Å². The van der Waals surface area contributed by atoms with Crippen molar-refractivity contribution in [2.45, 2.75) is 64.8 Å². The van der Waals surface area contributed by atoms with Crippen molar-refractivity contribution in [2.75, 3.05) is 6.61 Å². The van der Waals surface area contributed by atoms with Crippen LogP contribution in [0.3, 0.4) is 0 Å². The smallest absolute Gasteiger partial charge is 0.489 e. The first-order valence-corrected chi connectivity index (χ1v) is 11.8. The molecule has 8 heteroatoms. The average molecular weight is 470 g/mol. The van der Waals surface area contributed by atoms with Gasteiger partial charge in [-0.25, -0.2) is 8.78 Å². The van der Waals surface area contributed by atoms with Crippen LogP contribution in [0.2, 0.25) is 0 Å². The molecular formula is C26H29BF2O5. The molecule has 2 aromatic rings. The van der Waals surface area contributed by atoms with E-state index < -0.39 is 30.0 Å². The summed E-state index contributed by atoms with van der Waals surface area (Å²) < 4.78 is 52.7. The highest BCUT2D eigenvalue weighted by Gasteiger charge is 2.60. The van der Waals surface area contributed by atoms with Gasteiger partial charge in [0, 0.05) is 11.4 Å². The Kier molecular flexibility index (Phi) is 5.52. The standard InChI is InChI=1S/C26H29BF2O5/c1-6-31-24(30)22-17-12-14-11-15(7-8-16(14)21(17)22)32-13-18-20(28)10-9-19(23(18)29)27-33-25(2,3)26(4,5)34-27/h7-11,17,21-22H,6,12-13H2,1-5H3/t17-,21+,22+/m1/s1. The van der Waals surface area contributed by atoms with Crippen LogP contribution in [0.15, 0.2) is 30.3 Å². The van der Waals surface area contributed by atoms with Crippen LogP contribution in [0.25, 0.3) is 0 Å².